The highest BCUT2D eigenvalue weighted by Crippen LogP contribution is 2.29. The van der Waals surface area contributed by atoms with Crippen LogP contribution >= 0.6 is 0 Å². The molecule has 1 amide bonds. The molecule has 1 N–H and O–H groups in total. The first kappa shape index (κ1) is 22.0. The van der Waals surface area contributed by atoms with E-state index >= 15 is 0 Å². The molecule has 0 radical (unpaired) electrons. The first-order valence-corrected chi connectivity index (χ1v) is 11.7. The second kappa shape index (κ2) is 9.49. The maximum atomic E-state index is 13.4. The van der Waals surface area contributed by atoms with Gasteiger partial charge in [-0.1, -0.05) is 11.2 Å². The highest BCUT2D eigenvalue weighted by Gasteiger charge is 2.36. The number of aromatic nitrogens is 2. The number of nitrogens with zero attached hydrogens (tertiary/aromatic N) is 3. The van der Waals surface area contributed by atoms with Crippen molar-refractivity contribution < 1.29 is 22.2 Å². The minimum absolute atomic E-state index is 0.00912. The van der Waals surface area contributed by atoms with Gasteiger partial charge in [0.05, 0.1) is 24.4 Å². The van der Waals surface area contributed by atoms with Gasteiger partial charge in [-0.3, -0.25) is 9.78 Å². The number of carbonyl (C=O) groups is 1. The molecule has 0 aromatic carbocycles. The molecular weight excluding hydrogens is 432 g/mol. The summed E-state index contributed by atoms with van der Waals surface area (Å²) >= 11 is 0. The number of carbonyl (C=O) groups excluding carboxylic acids is 1. The molecule has 0 spiro atoms. The zero-order valence-corrected chi connectivity index (χ0v) is 18.4. The number of aryl methyl sites for hydroxylation is 1. The van der Waals surface area contributed by atoms with Crippen molar-refractivity contribution in [2.24, 2.45) is 5.92 Å². The molecule has 0 saturated carbocycles. The summed E-state index contributed by atoms with van der Waals surface area (Å²) in [7, 11) is -3.90. The first-order valence-electron chi connectivity index (χ1n) is 10.3. The van der Waals surface area contributed by atoms with Gasteiger partial charge < -0.3 is 14.3 Å². The van der Waals surface area contributed by atoms with E-state index in [1.165, 1.54) is 16.6 Å². The summed E-state index contributed by atoms with van der Waals surface area (Å²) in [5.74, 6) is 0.0608. The van der Waals surface area contributed by atoms with Crippen LogP contribution in [-0.4, -0.2) is 41.9 Å². The second-order valence-corrected chi connectivity index (χ2v) is 9.43. The lowest BCUT2D eigenvalue weighted by atomic mass is 9.99. The zero-order chi connectivity index (χ0) is 22.6. The van der Waals surface area contributed by atoms with Gasteiger partial charge in [0.15, 0.2) is 10.7 Å². The Balaban J connectivity index is 1.48. The van der Waals surface area contributed by atoms with E-state index in [0.717, 1.165) is 5.69 Å². The standard InChI is InChI=1S/C22H24N4O5S/c1-16-21(20(31-25-16)10-9-19-8-5-13-30-19)32(28,29)26-12-4-6-17(15-26)22(27)24-14-18-7-2-3-11-23-18/h2-3,5,7-11,13,17H,4,6,12,14-15H2,1H3,(H,24,27)/b10-9+. The van der Waals surface area contributed by atoms with Gasteiger partial charge in [0, 0.05) is 19.3 Å². The fraction of sp³-hybridized carbons (Fsp3) is 0.318. The molecule has 32 heavy (non-hydrogen) atoms. The Hall–Kier alpha value is -3.24. The molecule has 168 valence electrons. The third-order valence-corrected chi connectivity index (χ3v) is 7.32. The van der Waals surface area contributed by atoms with Crippen LogP contribution in [0, 0.1) is 12.8 Å². The molecule has 3 aromatic rings. The van der Waals surface area contributed by atoms with Crippen LogP contribution in [0.15, 0.2) is 56.6 Å². The Morgan fingerprint density at radius 3 is 2.91 bits per heavy atom. The number of hydrogen-bond acceptors (Lipinski definition) is 7. The maximum absolute atomic E-state index is 13.4. The minimum atomic E-state index is -3.90. The van der Waals surface area contributed by atoms with Crippen LogP contribution in [0.1, 0.15) is 35.7 Å². The predicted octanol–water partition coefficient (Wildman–Crippen LogP) is 2.86. The topological polar surface area (TPSA) is 119 Å². The van der Waals surface area contributed by atoms with Crippen molar-refractivity contribution in [1.29, 1.82) is 0 Å². The van der Waals surface area contributed by atoms with Gasteiger partial charge in [-0.05, 0) is 56.2 Å². The van der Waals surface area contributed by atoms with Gasteiger partial charge in [0.2, 0.25) is 15.9 Å². The number of nitrogens with one attached hydrogen (secondary N) is 1. The summed E-state index contributed by atoms with van der Waals surface area (Å²) in [6.45, 7) is 2.32. The largest absolute Gasteiger partial charge is 0.465 e. The SMILES string of the molecule is Cc1noc(/C=C/c2ccco2)c1S(=O)(=O)N1CCCC(C(=O)NCc2ccccn2)C1. The molecule has 9 nitrogen and oxygen atoms in total. The van der Waals surface area contributed by atoms with Crippen LogP contribution < -0.4 is 5.32 Å². The van der Waals surface area contributed by atoms with Gasteiger partial charge in [0.25, 0.3) is 0 Å². The van der Waals surface area contributed by atoms with E-state index in [4.69, 9.17) is 8.94 Å². The minimum Gasteiger partial charge on any atom is -0.465 e. The van der Waals surface area contributed by atoms with E-state index in [-0.39, 0.29) is 28.8 Å². The van der Waals surface area contributed by atoms with Crippen molar-refractivity contribution in [3.05, 3.63) is 65.7 Å². The molecule has 10 heteroatoms. The van der Waals surface area contributed by atoms with Gasteiger partial charge in [-0.15, -0.1) is 0 Å². The van der Waals surface area contributed by atoms with E-state index in [1.54, 1.807) is 37.4 Å². The summed E-state index contributed by atoms with van der Waals surface area (Å²) in [6.07, 6.45) is 7.53. The summed E-state index contributed by atoms with van der Waals surface area (Å²) < 4.78 is 38.7. The normalized spacial score (nSPS) is 17.6. The molecule has 1 saturated heterocycles. The number of amides is 1. The Morgan fingerprint density at radius 2 is 2.16 bits per heavy atom. The van der Waals surface area contributed by atoms with Crippen LogP contribution in [0.5, 0.6) is 0 Å². The Labute approximate surface area is 186 Å². The molecule has 3 aromatic heterocycles. The highest BCUT2D eigenvalue weighted by molar-refractivity contribution is 7.89. The van der Waals surface area contributed by atoms with E-state index in [9.17, 15) is 13.2 Å². The summed E-state index contributed by atoms with van der Waals surface area (Å²) in [6, 6.07) is 8.95. The Morgan fingerprint density at radius 1 is 1.28 bits per heavy atom. The van der Waals surface area contributed by atoms with Crippen LogP contribution in [0.25, 0.3) is 12.2 Å². The molecule has 4 rings (SSSR count). The fourth-order valence-corrected chi connectivity index (χ4v) is 5.45. The predicted molar refractivity (Wildman–Crippen MR) is 116 cm³/mol. The molecule has 0 bridgehead atoms. The second-order valence-electron chi connectivity index (χ2n) is 7.55. The van der Waals surface area contributed by atoms with Crippen molar-refractivity contribution >= 4 is 28.1 Å². The summed E-state index contributed by atoms with van der Waals surface area (Å²) in [5, 5.41) is 6.70. The summed E-state index contributed by atoms with van der Waals surface area (Å²) in [5.41, 5.74) is 1.01. The molecule has 4 heterocycles. The lowest BCUT2D eigenvalue weighted by Crippen LogP contribution is -2.45. The number of piperidine rings is 1. The van der Waals surface area contributed by atoms with Crippen LogP contribution in [0.4, 0.5) is 0 Å². The van der Waals surface area contributed by atoms with Crippen molar-refractivity contribution in [2.75, 3.05) is 13.1 Å². The van der Waals surface area contributed by atoms with E-state index in [0.29, 0.717) is 31.7 Å². The molecule has 0 aliphatic carbocycles. The quantitative estimate of drug-likeness (QED) is 0.581. The van der Waals surface area contributed by atoms with Gasteiger partial charge in [-0.2, -0.15) is 4.31 Å². The van der Waals surface area contributed by atoms with Gasteiger partial charge in [-0.25, -0.2) is 8.42 Å². The molecule has 1 unspecified atom stereocenters. The highest BCUT2D eigenvalue weighted by atomic mass is 32.2. The number of pyridine rings is 1. The van der Waals surface area contributed by atoms with Crippen LogP contribution in [0.3, 0.4) is 0 Å². The number of sulfonamides is 1. The maximum Gasteiger partial charge on any atom is 0.248 e. The molecule has 1 atom stereocenters. The Bertz CT molecular complexity index is 1190. The van der Waals surface area contributed by atoms with Gasteiger partial charge in [0.1, 0.15) is 11.5 Å². The molecule has 1 aliphatic rings. The van der Waals surface area contributed by atoms with E-state index in [2.05, 4.69) is 15.5 Å². The zero-order valence-electron chi connectivity index (χ0n) is 17.6. The van der Waals surface area contributed by atoms with E-state index < -0.39 is 15.9 Å². The lowest BCUT2D eigenvalue weighted by molar-refractivity contribution is -0.126. The van der Waals surface area contributed by atoms with Crippen molar-refractivity contribution in [2.45, 2.75) is 31.2 Å². The number of hydrogen-bond donors (Lipinski definition) is 1. The summed E-state index contributed by atoms with van der Waals surface area (Å²) in [4.78, 5) is 16.9. The number of furan rings is 1. The van der Waals surface area contributed by atoms with Crippen molar-refractivity contribution in [1.82, 2.24) is 19.8 Å². The van der Waals surface area contributed by atoms with Crippen LogP contribution in [-0.2, 0) is 21.4 Å². The fourth-order valence-electron chi connectivity index (χ4n) is 3.67. The number of rotatable bonds is 7. The van der Waals surface area contributed by atoms with E-state index in [1.807, 2.05) is 12.1 Å². The van der Waals surface area contributed by atoms with Gasteiger partial charge >= 0.3 is 0 Å². The molecule has 1 fully saturated rings. The Kier molecular flexibility index (Phi) is 6.52. The molecular formula is C22H24N4O5S. The third-order valence-electron chi connectivity index (χ3n) is 5.30. The smallest absolute Gasteiger partial charge is 0.248 e. The third kappa shape index (κ3) is 4.81. The first-order chi connectivity index (χ1) is 15.4. The average Bonchev–Trinajstić information content (AvgIpc) is 3.46. The average molecular weight is 457 g/mol. The van der Waals surface area contributed by atoms with Crippen molar-refractivity contribution in [3.63, 3.8) is 0 Å². The van der Waals surface area contributed by atoms with Crippen LogP contribution in [0.2, 0.25) is 0 Å². The monoisotopic (exact) mass is 456 g/mol. The molecule has 1 aliphatic heterocycles. The van der Waals surface area contributed by atoms with Crippen molar-refractivity contribution in [3.8, 4) is 0 Å². The lowest BCUT2D eigenvalue weighted by Gasteiger charge is -2.31.